The van der Waals surface area contributed by atoms with Gasteiger partial charge < -0.3 is 4.74 Å². The molecule has 1 aromatic heterocycles. The molecule has 0 aliphatic heterocycles. The number of ether oxygens (including phenoxy) is 1. The topological polar surface area (TPSA) is 45.9 Å². The molecule has 1 heterocycles. The van der Waals surface area contributed by atoms with Crippen LogP contribution < -0.4 is 0 Å². The number of nitriles is 1. The molecule has 0 unspecified atom stereocenters. The van der Waals surface area contributed by atoms with Crippen molar-refractivity contribution in [1.29, 1.82) is 5.26 Å². The Bertz CT molecular complexity index is 291. The number of pyridine rings is 1. The maximum atomic E-state index is 8.53. The van der Waals surface area contributed by atoms with Gasteiger partial charge in [0, 0.05) is 19.1 Å². The number of hydrogen-bond acceptors (Lipinski definition) is 4. The Labute approximate surface area is 81.7 Å². The molecule has 0 aliphatic rings. The molecule has 4 heteroatoms. The lowest BCUT2D eigenvalue weighted by molar-refractivity contribution is 0.218. The van der Waals surface area contributed by atoms with Crippen molar-refractivity contribution in [2.45, 2.75) is 5.03 Å². The van der Waals surface area contributed by atoms with Gasteiger partial charge in [-0.25, -0.2) is 4.98 Å². The van der Waals surface area contributed by atoms with Crippen LogP contribution >= 0.6 is 11.8 Å². The molecule has 0 aliphatic carbocycles. The summed E-state index contributed by atoms with van der Waals surface area (Å²) >= 11 is 1.62. The maximum absolute atomic E-state index is 8.53. The Morgan fingerprint density at radius 2 is 2.46 bits per heavy atom. The summed E-state index contributed by atoms with van der Waals surface area (Å²) in [5.41, 5.74) is 0.594. The van der Waals surface area contributed by atoms with Crippen LogP contribution in [0.15, 0.2) is 23.4 Å². The number of nitrogens with zero attached hydrogens (tertiary/aromatic N) is 2. The normalized spacial score (nSPS) is 9.54. The molecule has 0 N–H and O–H groups in total. The number of hydrogen-bond donors (Lipinski definition) is 0. The van der Waals surface area contributed by atoms with E-state index in [1.54, 1.807) is 31.1 Å². The lowest BCUT2D eigenvalue weighted by Crippen LogP contribution is -1.92. The molecule has 0 bridgehead atoms. The summed E-state index contributed by atoms with van der Waals surface area (Å²) in [4.78, 5) is 4.11. The summed E-state index contributed by atoms with van der Waals surface area (Å²) < 4.78 is 4.91. The molecule has 1 aromatic rings. The zero-order chi connectivity index (χ0) is 9.52. The van der Waals surface area contributed by atoms with Gasteiger partial charge in [-0.3, -0.25) is 0 Å². The van der Waals surface area contributed by atoms with Gasteiger partial charge in [0.25, 0.3) is 0 Å². The van der Waals surface area contributed by atoms with Gasteiger partial charge in [-0.2, -0.15) is 5.26 Å². The highest BCUT2D eigenvalue weighted by Crippen LogP contribution is 2.14. The first-order valence-electron chi connectivity index (χ1n) is 3.84. The van der Waals surface area contributed by atoms with Crippen molar-refractivity contribution in [3.05, 3.63) is 23.9 Å². The van der Waals surface area contributed by atoms with Crippen molar-refractivity contribution in [2.24, 2.45) is 0 Å². The molecule has 1 rings (SSSR count). The zero-order valence-electron chi connectivity index (χ0n) is 7.36. The van der Waals surface area contributed by atoms with Crippen LogP contribution in [0, 0.1) is 11.3 Å². The van der Waals surface area contributed by atoms with E-state index in [-0.39, 0.29) is 0 Å². The molecule has 0 saturated carbocycles. The van der Waals surface area contributed by atoms with E-state index >= 15 is 0 Å². The molecule has 0 amide bonds. The van der Waals surface area contributed by atoms with Gasteiger partial charge >= 0.3 is 0 Å². The van der Waals surface area contributed by atoms with E-state index in [0.717, 1.165) is 10.8 Å². The van der Waals surface area contributed by atoms with Gasteiger partial charge in [-0.05, 0) is 12.1 Å². The highest BCUT2D eigenvalue weighted by molar-refractivity contribution is 7.99. The summed E-state index contributed by atoms with van der Waals surface area (Å²) in [7, 11) is 1.67. The van der Waals surface area contributed by atoms with E-state index in [9.17, 15) is 0 Å². The highest BCUT2D eigenvalue weighted by atomic mass is 32.2. The minimum atomic E-state index is 0.594. The van der Waals surface area contributed by atoms with Crippen LogP contribution in [-0.4, -0.2) is 24.5 Å². The minimum Gasteiger partial charge on any atom is -0.384 e. The third-order valence-corrected chi connectivity index (χ3v) is 2.31. The van der Waals surface area contributed by atoms with E-state index in [1.807, 2.05) is 12.1 Å². The summed E-state index contributed by atoms with van der Waals surface area (Å²) in [5, 5.41) is 9.45. The van der Waals surface area contributed by atoms with Crippen LogP contribution in [0.2, 0.25) is 0 Å². The Morgan fingerprint density at radius 3 is 3.00 bits per heavy atom. The average molecular weight is 194 g/mol. The number of methoxy groups -OCH3 is 1. The molecular formula is C9H10N2OS. The first-order valence-corrected chi connectivity index (χ1v) is 4.83. The van der Waals surface area contributed by atoms with Crippen LogP contribution in [0.25, 0.3) is 0 Å². The molecule has 0 fully saturated rings. The fraction of sp³-hybridized carbons (Fsp3) is 0.333. The van der Waals surface area contributed by atoms with Crippen LogP contribution in [0.5, 0.6) is 0 Å². The van der Waals surface area contributed by atoms with Crippen molar-refractivity contribution in [2.75, 3.05) is 19.5 Å². The highest BCUT2D eigenvalue weighted by Gasteiger charge is 1.95. The van der Waals surface area contributed by atoms with Crippen LogP contribution in [0.1, 0.15) is 5.56 Å². The average Bonchev–Trinajstić information content (AvgIpc) is 2.19. The predicted octanol–water partition coefficient (Wildman–Crippen LogP) is 1.69. The summed E-state index contributed by atoms with van der Waals surface area (Å²) in [5.74, 6) is 0.884. The van der Waals surface area contributed by atoms with Crippen LogP contribution in [0.4, 0.5) is 0 Å². The largest absolute Gasteiger partial charge is 0.384 e. The molecule has 0 aromatic carbocycles. The quantitative estimate of drug-likeness (QED) is 0.540. The van der Waals surface area contributed by atoms with Crippen molar-refractivity contribution >= 4 is 11.8 Å². The van der Waals surface area contributed by atoms with Gasteiger partial charge in [-0.15, -0.1) is 11.8 Å². The van der Waals surface area contributed by atoms with Gasteiger partial charge in [-0.1, -0.05) is 0 Å². The monoisotopic (exact) mass is 194 g/mol. The second-order valence-electron chi connectivity index (χ2n) is 2.34. The molecule has 13 heavy (non-hydrogen) atoms. The fourth-order valence-corrected chi connectivity index (χ4v) is 1.51. The Balaban J connectivity index is 2.46. The van der Waals surface area contributed by atoms with Gasteiger partial charge in [0.1, 0.15) is 6.07 Å². The van der Waals surface area contributed by atoms with Crippen molar-refractivity contribution in [3.63, 3.8) is 0 Å². The van der Waals surface area contributed by atoms with Crippen molar-refractivity contribution in [1.82, 2.24) is 4.98 Å². The van der Waals surface area contributed by atoms with Gasteiger partial charge in [0.15, 0.2) is 0 Å². The SMILES string of the molecule is COCCSc1ccc(C#N)cn1. The number of rotatable bonds is 4. The molecule has 3 nitrogen and oxygen atoms in total. The minimum absolute atomic E-state index is 0.594. The number of thioether (sulfide) groups is 1. The third-order valence-electron chi connectivity index (χ3n) is 1.40. The van der Waals surface area contributed by atoms with Crippen molar-refractivity contribution < 1.29 is 4.74 Å². The number of aromatic nitrogens is 1. The predicted molar refractivity (Wildman–Crippen MR) is 51.6 cm³/mol. The molecule has 68 valence electrons. The molecule has 0 atom stereocenters. The van der Waals surface area contributed by atoms with E-state index < -0.39 is 0 Å². The second-order valence-corrected chi connectivity index (χ2v) is 3.45. The van der Waals surface area contributed by atoms with Crippen LogP contribution in [0.3, 0.4) is 0 Å². The third kappa shape index (κ3) is 3.45. The van der Waals surface area contributed by atoms with Gasteiger partial charge in [0.2, 0.25) is 0 Å². The fourth-order valence-electron chi connectivity index (χ4n) is 0.761. The van der Waals surface area contributed by atoms with Crippen molar-refractivity contribution in [3.8, 4) is 6.07 Å². The van der Waals surface area contributed by atoms with E-state index in [0.29, 0.717) is 12.2 Å². The van der Waals surface area contributed by atoms with E-state index in [1.165, 1.54) is 0 Å². The zero-order valence-corrected chi connectivity index (χ0v) is 8.17. The Morgan fingerprint density at radius 1 is 1.62 bits per heavy atom. The summed E-state index contributed by atoms with van der Waals surface area (Å²) in [6.45, 7) is 0.715. The lowest BCUT2D eigenvalue weighted by Gasteiger charge is -1.98. The Hall–Kier alpha value is -1.05. The van der Waals surface area contributed by atoms with E-state index in [4.69, 9.17) is 10.00 Å². The second kappa shape index (κ2) is 5.57. The molecule has 0 spiro atoms. The maximum Gasteiger partial charge on any atom is 0.101 e. The van der Waals surface area contributed by atoms with E-state index in [2.05, 4.69) is 4.98 Å². The first kappa shape index (κ1) is 10.0. The molecular weight excluding hydrogens is 184 g/mol. The smallest absolute Gasteiger partial charge is 0.101 e. The lowest BCUT2D eigenvalue weighted by atomic mass is 10.3. The van der Waals surface area contributed by atoms with Crippen LogP contribution in [-0.2, 0) is 4.74 Å². The van der Waals surface area contributed by atoms with Gasteiger partial charge in [0.05, 0.1) is 17.2 Å². The molecule has 0 saturated heterocycles. The summed E-state index contributed by atoms with van der Waals surface area (Å²) in [6, 6.07) is 5.64. The standard InChI is InChI=1S/C9H10N2OS/c1-12-4-5-13-9-3-2-8(6-10)7-11-9/h2-3,7H,4-5H2,1H3. The molecule has 0 radical (unpaired) electrons. The first-order chi connectivity index (χ1) is 6.36. The summed E-state index contributed by atoms with van der Waals surface area (Å²) in [6.07, 6.45) is 1.58. The Kier molecular flexibility index (Phi) is 4.30.